The highest BCUT2D eigenvalue weighted by Crippen LogP contribution is 2.15. The van der Waals surface area contributed by atoms with Gasteiger partial charge in [-0.3, -0.25) is 10.2 Å². The minimum absolute atomic E-state index is 0.116. The Kier molecular flexibility index (Phi) is 6.01. The Morgan fingerprint density at radius 2 is 2.08 bits per heavy atom. The van der Waals surface area contributed by atoms with Crippen molar-refractivity contribution in [1.82, 2.24) is 19.8 Å². The second kappa shape index (κ2) is 8.62. The van der Waals surface area contributed by atoms with Crippen molar-refractivity contribution in [2.24, 2.45) is 0 Å². The zero-order chi connectivity index (χ0) is 18.4. The lowest BCUT2D eigenvalue weighted by atomic mass is 10.2. The summed E-state index contributed by atoms with van der Waals surface area (Å²) >= 11 is 0. The second-order valence-electron chi connectivity index (χ2n) is 6.48. The van der Waals surface area contributed by atoms with Gasteiger partial charge in [-0.2, -0.15) is 4.98 Å². The van der Waals surface area contributed by atoms with Crippen molar-refractivity contribution < 1.29 is 9.53 Å². The van der Waals surface area contributed by atoms with E-state index in [0.717, 1.165) is 32.6 Å². The van der Waals surface area contributed by atoms with Crippen LogP contribution in [0.1, 0.15) is 18.9 Å². The highest BCUT2D eigenvalue weighted by atomic mass is 16.5. The molecule has 138 valence electrons. The van der Waals surface area contributed by atoms with Crippen molar-refractivity contribution in [2.45, 2.75) is 25.9 Å². The van der Waals surface area contributed by atoms with E-state index in [-0.39, 0.29) is 18.1 Å². The standard InChI is InChI=1S/C19H25N5O2/c1-15-13-23(14-16-7-4-3-5-8-16)11-6-12-24(15)19(25)22-17-9-10-20-18(21-17)26-2/h3-5,7-10,15H,6,11-14H2,1-2H3,(H,20,21,22,25). The van der Waals surface area contributed by atoms with Crippen molar-refractivity contribution >= 4 is 11.8 Å². The number of urea groups is 1. The van der Waals surface area contributed by atoms with Gasteiger partial charge in [0.25, 0.3) is 0 Å². The molecule has 1 aromatic heterocycles. The Balaban J connectivity index is 1.60. The van der Waals surface area contributed by atoms with Gasteiger partial charge in [0.1, 0.15) is 5.82 Å². The summed E-state index contributed by atoms with van der Waals surface area (Å²) in [6.07, 6.45) is 2.51. The van der Waals surface area contributed by atoms with Gasteiger partial charge in [-0.15, -0.1) is 0 Å². The average Bonchev–Trinajstić information content (AvgIpc) is 2.83. The van der Waals surface area contributed by atoms with Crippen LogP contribution >= 0.6 is 0 Å². The molecule has 0 bridgehead atoms. The van der Waals surface area contributed by atoms with Gasteiger partial charge in [0.15, 0.2) is 0 Å². The summed E-state index contributed by atoms with van der Waals surface area (Å²) in [5.74, 6) is 0.444. The van der Waals surface area contributed by atoms with E-state index in [2.05, 4.69) is 51.4 Å². The van der Waals surface area contributed by atoms with Gasteiger partial charge in [0.05, 0.1) is 7.11 Å². The van der Waals surface area contributed by atoms with Crippen LogP contribution in [0.2, 0.25) is 0 Å². The molecule has 2 heterocycles. The number of carbonyl (C=O) groups excluding carboxylic acids is 1. The van der Waals surface area contributed by atoms with Crippen LogP contribution in [0, 0.1) is 0 Å². The third-order valence-corrected chi connectivity index (χ3v) is 4.49. The number of benzene rings is 1. The Hall–Kier alpha value is -2.67. The highest BCUT2D eigenvalue weighted by molar-refractivity contribution is 5.88. The molecule has 1 aliphatic rings. The summed E-state index contributed by atoms with van der Waals surface area (Å²) in [4.78, 5) is 25.1. The lowest BCUT2D eigenvalue weighted by molar-refractivity contribution is 0.184. The lowest BCUT2D eigenvalue weighted by Crippen LogP contribution is -2.44. The zero-order valence-electron chi connectivity index (χ0n) is 15.3. The van der Waals surface area contributed by atoms with E-state index in [1.54, 1.807) is 12.3 Å². The van der Waals surface area contributed by atoms with Gasteiger partial charge in [-0.1, -0.05) is 30.3 Å². The second-order valence-corrected chi connectivity index (χ2v) is 6.48. The number of aromatic nitrogens is 2. The third-order valence-electron chi connectivity index (χ3n) is 4.49. The Labute approximate surface area is 154 Å². The van der Waals surface area contributed by atoms with Crippen LogP contribution in [0.4, 0.5) is 10.6 Å². The maximum Gasteiger partial charge on any atom is 0.323 e. The molecule has 1 N–H and O–H groups in total. The van der Waals surface area contributed by atoms with Crippen LogP contribution in [0.15, 0.2) is 42.6 Å². The summed E-state index contributed by atoms with van der Waals surface area (Å²) in [6, 6.07) is 12.3. The molecule has 7 nitrogen and oxygen atoms in total. The first-order valence-electron chi connectivity index (χ1n) is 8.86. The molecule has 0 saturated carbocycles. The van der Waals surface area contributed by atoms with Crippen LogP contribution in [-0.2, 0) is 6.54 Å². The summed E-state index contributed by atoms with van der Waals surface area (Å²) in [5.41, 5.74) is 1.30. The number of carbonyl (C=O) groups is 1. The molecule has 0 spiro atoms. The molecule has 1 unspecified atom stereocenters. The van der Waals surface area contributed by atoms with Gasteiger partial charge in [0, 0.05) is 38.4 Å². The molecule has 7 heteroatoms. The SMILES string of the molecule is COc1nccc(NC(=O)N2CCCN(Cc3ccccc3)CC2C)n1. The fourth-order valence-corrected chi connectivity index (χ4v) is 3.23. The largest absolute Gasteiger partial charge is 0.467 e. The number of hydrogen-bond donors (Lipinski definition) is 1. The molecule has 2 amide bonds. The smallest absolute Gasteiger partial charge is 0.323 e. The monoisotopic (exact) mass is 355 g/mol. The van der Waals surface area contributed by atoms with Gasteiger partial charge in [-0.25, -0.2) is 9.78 Å². The van der Waals surface area contributed by atoms with Crippen molar-refractivity contribution in [2.75, 3.05) is 32.1 Å². The first-order valence-corrected chi connectivity index (χ1v) is 8.86. The molecule has 0 aliphatic carbocycles. The minimum Gasteiger partial charge on any atom is -0.467 e. The molecular formula is C19H25N5O2. The quantitative estimate of drug-likeness (QED) is 0.913. The minimum atomic E-state index is -0.139. The molecule has 1 fully saturated rings. The number of ether oxygens (including phenoxy) is 1. The molecule has 26 heavy (non-hydrogen) atoms. The number of methoxy groups -OCH3 is 1. The first kappa shape index (κ1) is 18.1. The zero-order valence-corrected chi connectivity index (χ0v) is 15.3. The van der Waals surface area contributed by atoms with Gasteiger partial charge < -0.3 is 9.64 Å². The molecule has 1 aliphatic heterocycles. The molecule has 1 atom stereocenters. The Morgan fingerprint density at radius 3 is 2.85 bits per heavy atom. The third kappa shape index (κ3) is 4.70. The summed E-state index contributed by atoms with van der Waals surface area (Å²) in [6.45, 7) is 5.54. The van der Waals surface area contributed by atoms with Gasteiger partial charge in [-0.05, 0) is 25.0 Å². The predicted molar refractivity (Wildman–Crippen MR) is 100 cm³/mol. The van der Waals surface area contributed by atoms with Crippen LogP contribution in [0.25, 0.3) is 0 Å². The van der Waals surface area contributed by atoms with E-state index in [1.165, 1.54) is 12.7 Å². The Bertz CT molecular complexity index is 725. The molecule has 2 aromatic rings. The maximum absolute atomic E-state index is 12.7. The topological polar surface area (TPSA) is 70.6 Å². The predicted octanol–water partition coefficient (Wildman–Crippen LogP) is 2.61. The summed E-state index contributed by atoms with van der Waals surface area (Å²) in [5, 5.41) is 2.85. The molecular weight excluding hydrogens is 330 g/mol. The fourth-order valence-electron chi connectivity index (χ4n) is 3.23. The van der Waals surface area contributed by atoms with Crippen molar-refractivity contribution in [3.8, 4) is 6.01 Å². The fraction of sp³-hybridized carbons (Fsp3) is 0.421. The number of anilines is 1. The maximum atomic E-state index is 12.7. The number of nitrogens with zero attached hydrogens (tertiary/aromatic N) is 4. The molecule has 0 radical (unpaired) electrons. The number of hydrogen-bond acceptors (Lipinski definition) is 5. The van der Waals surface area contributed by atoms with E-state index in [0.29, 0.717) is 5.82 Å². The van der Waals surface area contributed by atoms with E-state index in [9.17, 15) is 4.79 Å². The number of amides is 2. The average molecular weight is 355 g/mol. The summed E-state index contributed by atoms with van der Waals surface area (Å²) < 4.78 is 5.00. The highest BCUT2D eigenvalue weighted by Gasteiger charge is 2.25. The van der Waals surface area contributed by atoms with E-state index >= 15 is 0 Å². The molecule has 1 aromatic carbocycles. The van der Waals surface area contributed by atoms with Crippen LogP contribution in [0.5, 0.6) is 6.01 Å². The van der Waals surface area contributed by atoms with E-state index in [4.69, 9.17) is 4.74 Å². The lowest BCUT2D eigenvalue weighted by Gasteiger charge is -2.29. The molecule has 1 saturated heterocycles. The van der Waals surface area contributed by atoms with Crippen LogP contribution in [0.3, 0.4) is 0 Å². The van der Waals surface area contributed by atoms with Crippen LogP contribution < -0.4 is 10.1 Å². The normalized spacial score (nSPS) is 18.2. The van der Waals surface area contributed by atoms with Gasteiger partial charge in [0.2, 0.25) is 0 Å². The van der Waals surface area contributed by atoms with Crippen LogP contribution in [-0.4, -0.2) is 58.6 Å². The number of nitrogens with one attached hydrogen (secondary N) is 1. The first-order chi connectivity index (χ1) is 12.7. The van der Waals surface area contributed by atoms with Crippen molar-refractivity contribution in [1.29, 1.82) is 0 Å². The van der Waals surface area contributed by atoms with Gasteiger partial charge >= 0.3 is 12.0 Å². The number of rotatable bonds is 4. The van der Waals surface area contributed by atoms with Crippen molar-refractivity contribution in [3.63, 3.8) is 0 Å². The van der Waals surface area contributed by atoms with E-state index in [1.807, 2.05) is 11.0 Å². The van der Waals surface area contributed by atoms with Crippen molar-refractivity contribution in [3.05, 3.63) is 48.2 Å². The molecule has 3 rings (SSSR count). The van der Waals surface area contributed by atoms with E-state index < -0.39 is 0 Å². The Morgan fingerprint density at radius 1 is 1.27 bits per heavy atom. The summed E-state index contributed by atoms with van der Waals surface area (Å²) in [7, 11) is 1.50.